The summed E-state index contributed by atoms with van der Waals surface area (Å²) >= 11 is 0. The SMILES string of the molecule is COC(=O)C(CO)NC(=O)OCc1ccccc1. The summed E-state index contributed by atoms with van der Waals surface area (Å²) in [7, 11) is 1.17. The monoisotopic (exact) mass is 253 g/mol. The Morgan fingerprint density at radius 2 is 2.00 bits per heavy atom. The van der Waals surface area contributed by atoms with Gasteiger partial charge in [-0.1, -0.05) is 30.3 Å². The second-order valence-corrected chi connectivity index (χ2v) is 3.46. The van der Waals surface area contributed by atoms with E-state index in [-0.39, 0.29) is 6.61 Å². The van der Waals surface area contributed by atoms with Crippen molar-refractivity contribution in [2.45, 2.75) is 12.6 Å². The van der Waals surface area contributed by atoms with E-state index in [0.29, 0.717) is 0 Å². The first-order valence-corrected chi connectivity index (χ1v) is 5.33. The first-order chi connectivity index (χ1) is 8.67. The maximum Gasteiger partial charge on any atom is 0.408 e. The summed E-state index contributed by atoms with van der Waals surface area (Å²) in [5.74, 6) is -0.728. The van der Waals surface area contributed by atoms with Crippen LogP contribution in [0, 0.1) is 0 Å². The van der Waals surface area contributed by atoms with Crippen molar-refractivity contribution >= 4 is 12.1 Å². The molecule has 0 aliphatic heterocycles. The number of rotatable bonds is 5. The number of esters is 1. The molecule has 18 heavy (non-hydrogen) atoms. The van der Waals surface area contributed by atoms with Gasteiger partial charge < -0.3 is 19.9 Å². The Bertz CT molecular complexity index is 393. The number of benzene rings is 1. The van der Waals surface area contributed by atoms with E-state index in [1.807, 2.05) is 18.2 Å². The normalized spacial score (nSPS) is 11.4. The molecule has 0 aromatic heterocycles. The van der Waals surface area contributed by atoms with Crippen LogP contribution in [0.5, 0.6) is 0 Å². The molecule has 2 N–H and O–H groups in total. The van der Waals surface area contributed by atoms with Gasteiger partial charge in [0.15, 0.2) is 6.04 Å². The van der Waals surface area contributed by atoms with Gasteiger partial charge in [0.05, 0.1) is 13.7 Å². The number of hydrogen-bond acceptors (Lipinski definition) is 5. The first-order valence-electron chi connectivity index (χ1n) is 5.33. The number of methoxy groups -OCH3 is 1. The van der Waals surface area contributed by atoms with Crippen LogP contribution in [-0.4, -0.2) is 36.9 Å². The van der Waals surface area contributed by atoms with Crippen molar-refractivity contribution in [1.29, 1.82) is 0 Å². The van der Waals surface area contributed by atoms with E-state index in [9.17, 15) is 9.59 Å². The highest BCUT2D eigenvalue weighted by Crippen LogP contribution is 2.00. The minimum atomic E-state index is -1.11. The third kappa shape index (κ3) is 4.42. The van der Waals surface area contributed by atoms with Crippen LogP contribution in [0.1, 0.15) is 5.56 Å². The van der Waals surface area contributed by atoms with Crippen molar-refractivity contribution in [3.8, 4) is 0 Å². The van der Waals surface area contributed by atoms with E-state index in [2.05, 4.69) is 10.1 Å². The van der Waals surface area contributed by atoms with Gasteiger partial charge >= 0.3 is 12.1 Å². The molecular formula is C12H15NO5. The Morgan fingerprint density at radius 1 is 1.33 bits per heavy atom. The van der Waals surface area contributed by atoms with Crippen LogP contribution in [0.2, 0.25) is 0 Å². The number of nitrogens with one attached hydrogen (secondary N) is 1. The molecule has 0 aliphatic carbocycles. The minimum absolute atomic E-state index is 0.0893. The van der Waals surface area contributed by atoms with Crippen molar-refractivity contribution in [3.05, 3.63) is 35.9 Å². The third-order valence-electron chi connectivity index (χ3n) is 2.17. The van der Waals surface area contributed by atoms with Crippen molar-refractivity contribution in [3.63, 3.8) is 0 Å². The summed E-state index contributed by atoms with van der Waals surface area (Å²) in [5.41, 5.74) is 0.825. The molecule has 0 saturated heterocycles. The van der Waals surface area contributed by atoms with Gasteiger partial charge in [-0.15, -0.1) is 0 Å². The zero-order valence-corrected chi connectivity index (χ0v) is 9.96. The van der Waals surface area contributed by atoms with Crippen LogP contribution >= 0.6 is 0 Å². The molecule has 0 radical (unpaired) electrons. The topological polar surface area (TPSA) is 84.9 Å². The van der Waals surface area contributed by atoms with E-state index in [1.54, 1.807) is 12.1 Å². The molecule has 1 rings (SSSR count). The number of aliphatic hydroxyl groups is 1. The van der Waals surface area contributed by atoms with Crippen LogP contribution in [-0.2, 0) is 20.9 Å². The van der Waals surface area contributed by atoms with Gasteiger partial charge in [0.25, 0.3) is 0 Å². The van der Waals surface area contributed by atoms with E-state index < -0.39 is 24.7 Å². The zero-order chi connectivity index (χ0) is 13.4. The summed E-state index contributed by atoms with van der Waals surface area (Å²) in [6, 6.07) is 7.98. The summed E-state index contributed by atoms with van der Waals surface area (Å²) in [6.45, 7) is -0.459. The quantitative estimate of drug-likeness (QED) is 0.744. The van der Waals surface area contributed by atoms with Crippen LogP contribution in [0.4, 0.5) is 4.79 Å². The predicted octanol–water partition coefficient (Wildman–Crippen LogP) is 0.447. The van der Waals surface area contributed by atoms with Gasteiger partial charge in [-0.2, -0.15) is 0 Å². The van der Waals surface area contributed by atoms with Crippen molar-refractivity contribution < 1.29 is 24.2 Å². The molecule has 1 atom stereocenters. The van der Waals surface area contributed by atoms with Gasteiger partial charge in [0.1, 0.15) is 6.61 Å². The molecule has 0 fully saturated rings. The largest absolute Gasteiger partial charge is 0.467 e. The molecular weight excluding hydrogens is 238 g/mol. The van der Waals surface area contributed by atoms with Gasteiger partial charge in [0.2, 0.25) is 0 Å². The van der Waals surface area contributed by atoms with Crippen molar-refractivity contribution in [2.75, 3.05) is 13.7 Å². The summed E-state index contributed by atoms with van der Waals surface area (Å²) < 4.78 is 9.28. The highest BCUT2D eigenvalue weighted by atomic mass is 16.6. The highest BCUT2D eigenvalue weighted by Gasteiger charge is 2.20. The first kappa shape index (κ1) is 14.0. The summed E-state index contributed by atoms with van der Waals surface area (Å²) in [6.07, 6.45) is -0.789. The average Bonchev–Trinajstić information content (AvgIpc) is 2.42. The molecule has 0 saturated carbocycles. The zero-order valence-electron chi connectivity index (χ0n) is 9.96. The fraction of sp³-hybridized carbons (Fsp3) is 0.333. The molecule has 6 heteroatoms. The number of amides is 1. The molecule has 6 nitrogen and oxygen atoms in total. The standard InChI is InChI=1S/C12H15NO5/c1-17-11(15)10(7-14)13-12(16)18-8-9-5-3-2-4-6-9/h2-6,10,14H,7-8H2,1H3,(H,13,16). The third-order valence-corrected chi connectivity index (χ3v) is 2.17. The van der Waals surface area contributed by atoms with Crippen molar-refractivity contribution in [2.24, 2.45) is 0 Å². The van der Waals surface area contributed by atoms with Crippen molar-refractivity contribution in [1.82, 2.24) is 5.32 Å². The Balaban J connectivity index is 2.39. The van der Waals surface area contributed by atoms with Crippen LogP contribution in [0.3, 0.4) is 0 Å². The number of aliphatic hydroxyl groups excluding tert-OH is 1. The lowest BCUT2D eigenvalue weighted by Crippen LogP contribution is -2.44. The molecule has 0 aliphatic rings. The lowest BCUT2D eigenvalue weighted by atomic mass is 10.2. The Hall–Kier alpha value is -2.08. The molecule has 98 valence electrons. The number of carbonyl (C=O) groups excluding carboxylic acids is 2. The molecule has 0 heterocycles. The van der Waals surface area contributed by atoms with Gasteiger partial charge in [0, 0.05) is 0 Å². The van der Waals surface area contributed by atoms with Crippen LogP contribution in [0.25, 0.3) is 0 Å². The Labute approximate surface area is 105 Å². The second-order valence-electron chi connectivity index (χ2n) is 3.46. The number of alkyl carbamates (subject to hydrolysis) is 1. The number of hydrogen-bond donors (Lipinski definition) is 2. The maximum atomic E-state index is 11.4. The molecule has 1 unspecified atom stereocenters. The van der Waals surface area contributed by atoms with E-state index >= 15 is 0 Å². The summed E-state index contributed by atoms with van der Waals surface area (Å²) in [5, 5.41) is 11.1. The lowest BCUT2D eigenvalue weighted by molar-refractivity contribution is -0.144. The molecule has 1 aromatic rings. The van der Waals surface area contributed by atoms with Gasteiger partial charge in [-0.3, -0.25) is 0 Å². The van der Waals surface area contributed by atoms with Gasteiger partial charge in [-0.25, -0.2) is 9.59 Å². The van der Waals surface area contributed by atoms with E-state index in [4.69, 9.17) is 9.84 Å². The molecule has 0 spiro atoms. The second kappa shape index (κ2) is 7.29. The predicted molar refractivity (Wildman–Crippen MR) is 62.7 cm³/mol. The maximum absolute atomic E-state index is 11.4. The fourth-order valence-corrected chi connectivity index (χ4v) is 1.23. The molecule has 1 amide bonds. The highest BCUT2D eigenvalue weighted by molar-refractivity contribution is 5.81. The van der Waals surface area contributed by atoms with Gasteiger partial charge in [-0.05, 0) is 5.56 Å². The molecule has 1 aromatic carbocycles. The molecule has 0 bridgehead atoms. The Morgan fingerprint density at radius 3 is 2.56 bits per heavy atom. The van der Waals surface area contributed by atoms with E-state index in [1.165, 1.54) is 7.11 Å². The summed E-state index contributed by atoms with van der Waals surface area (Å²) in [4.78, 5) is 22.5. The number of ether oxygens (including phenoxy) is 2. The van der Waals surface area contributed by atoms with Crippen LogP contribution in [0.15, 0.2) is 30.3 Å². The minimum Gasteiger partial charge on any atom is -0.467 e. The van der Waals surface area contributed by atoms with Crippen LogP contribution < -0.4 is 5.32 Å². The average molecular weight is 253 g/mol. The number of carbonyl (C=O) groups is 2. The fourth-order valence-electron chi connectivity index (χ4n) is 1.23. The Kier molecular flexibility index (Phi) is 5.66. The lowest BCUT2D eigenvalue weighted by Gasteiger charge is -2.13. The van der Waals surface area contributed by atoms with E-state index in [0.717, 1.165) is 5.56 Å². The smallest absolute Gasteiger partial charge is 0.408 e.